The van der Waals surface area contributed by atoms with Crippen LogP contribution in [0.5, 0.6) is 5.75 Å². The number of halogens is 5. The van der Waals surface area contributed by atoms with Crippen molar-refractivity contribution in [1.82, 2.24) is 0 Å². The third-order valence-electron chi connectivity index (χ3n) is 1.74. The molecule has 0 fully saturated rings. The first kappa shape index (κ1) is 12.8. The molecule has 1 aromatic rings. The van der Waals surface area contributed by atoms with Crippen LogP contribution in [0.15, 0.2) is 12.1 Å². The molecule has 0 aromatic heterocycles. The van der Waals surface area contributed by atoms with E-state index in [1.807, 2.05) is 0 Å². The molecule has 0 heterocycles. The van der Waals surface area contributed by atoms with Gasteiger partial charge in [0.2, 0.25) is 0 Å². The van der Waals surface area contributed by atoms with E-state index >= 15 is 0 Å². The Morgan fingerprint density at radius 2 is 1.88 bits per heavy atom. The Bertz CT molecular complexity index is 428. The van der Waals surface area contributed by atoms with Crippen molar-refractivity contribution >= 4 is 17.4 Å². The first-order valence-corrected chi connectivity index (χ1v) is 4.29. The van der Waals surface area contributed by atoms with Crippen molar-refractivity contribution < 1.29 is 27.1 Å². The molecule has 0 spiro atoms. The summed E-state index contributed by atoms with van der Waals surface area (Å²) in [7, 11) is 1.06. The van der Waals surface area contributed by atoms with Gasteiger partial charge in [0.25, 0.3) is 5.78 Å². The Hall–Kier alpha value is -1.30. The molecule has 16 heavy (non-hydrogen) atoms. The highest BCUT2D eigenvalue weighted by molar-refractivity contribution is 6.35. The van der Waals surface area contributed by atoms with Gasteiger partial charge in [-0.2, -0.15) is 8.78 Å². The first-order chi connectivity index (χ1) is 7.27. The second-order valence-electron chi connectivity index (χ2n) is 2.79. The van der Waals surface area contributed by atoms with Gasteiger partial charge in [0.15, 0.2) is 11.6 Å². The number of ketones is 1. The van der Waals surface area contributed by atoms with Gasteiger partial charge in [-0.25, -0.2) is 8.78 Å². The predicted molar refractivity (Wildman–Crippen MR) is 48.0 cm³/mol. The van der Waals surface area contributed by atoms with Crippen LogP contribution in [0.1, 0.15) is 10.4 Å². The summed E-state index contributed by atoms with van der Waals surface area (Å²) in [5.74, 6) is -4.96. The summed E-state index contributed by atoms with van der Waals surface area (Å²) in [4.78, 5) is 10.9. The fraction of sp³-hybridized carbons (Fsp3) is 0.222. The number of benzene rings is 1. The second-order valence-corrected chi connectivity index (χ2v) is 3.27. The molecule has 0 saturated carbocycles. The minimum atomic E-state index is -4.28. The summed E-state index contributed by atoms with van der Waals surface area (Å²) < 4.78 is 55.4. The van der Waals surface area contributed by atoms with E-state index in [2.05, 4.69) is 16.3 Å². The average molecular weight is 257 g/mol. The van der Waals surface area contributed by atoms with Crippen LogP contribution >= 0.6 is 11.6 Å². The highest BCUT2D eigenvalue weighted by Gasteiger charge is 2.38. The van der Waals surface area contributed by atoms with Gasteiger partial charge in [0, 0.05) is 6.07 Å². The van der Waals surface area contributed by atoms with Gasteiger partial charge < -0.3 is 4.74 Å². The molecule has 0 aliphatic rings. The maximum absolute atomic E-state index is 13.1. The molecule has 2 nitrogen and oxygen atoms in total. The Morgan fingerprint density at radius 3 is 2.31 bits per heavy atom. The van der Waals surface area contributed by atoms with Crippen LogP contribution in [-0.4, -0.2) is 18.3 Å². The van der Waals surface area contributed by atoms with Crippen LogP contribution in [-0.2, 0) is 0 Å². The molecule has 0 aliphatic carbocycles. The standard InChI is InChI=1S/C9H5ClF4O2/c1-16-7-3-5(11)4(2-6(7)12)8(15)9(10,13)14/h2-3H,1H3. The highest BCUT2D eigenvalue weighted by Crippen LogP contribution is 2.28. The normalized spacial score (nSPS) is 11.4. The number of hydrogen-bond acceptors (Lipinski definition) is 2. The fourth-order valence-corrected chi connectivity index (χ4v) is 1.11. The number of carbonyl (C=O) groups is 1. The molecule has 0 unspecified atom stereocenters. The van der Waals surface area contributed by atoms with Crippen LogP contribution in [0.2, 0.25) is 0 Å². The molecule has 0 bridgehead atoms. The number of hydrogen-bond donors (Lipinski definition) is 0. The van der Waals surface area contributed by atoms with Gasteiger partial charge in [0.1, 0.15) is 5.82 Å². The Labute approximate surface area is 92.8 Å². The first-order valence-electron chi connectivity index (χ1n) is 3.92. The van der Waals surface area contributed by atoms with E-state index < -0.39 is 34.1 Å². The van der Waals surface area contributed by atoms with Crippen LogP contribution in [0.4, 0.5) is 17.6 Å². The topological polar surface area (TPSA) is 26.3 Å². The van der Waals surface area contributed by atoms with E-state index in [0.29, 0.717) is 12.1 Å². The van der Waals surface area contributed by atoms with E-state index in [-0.39, 0.29) is 0 Å². The van der Waals surface area contributed by atoms with Gasteiger partial charge in [-0.05, 0) is 17.7 Å². The summed E-state index contributed by atoms with van der Waals surface area (Å²) >= 11 is 4.41. The van der Waals surface area contributed by atoms with E-state index in [9.17, 15) is 22.4 Å². The molecule has 0 saturated heterocycles. The number of rotatable bonds is 3. The molecule has 0 amide bonds. The maximum atomic E-state index is 13.1. The van der Waals surface area contributed by atoms with Gasteiger partial charge >= 0.3 is 5.38 Å². The monoisotopic (exact) mass is 256 g/mol. The SMILES string of the molecule is COc1cc(F)c(C(=O)C(F)(F)Cl)cc1F. The molecule has 7 heteroatoms. The smallest absolute Gasteiger partial charge is 0.385 e. The fourth-order valence-electron chi connectivity index (χ4n) is 1.01. The zero-order valence-corrected chi connectivity index (χ0v) is 8.62. The maximum Gasteiger partial charge on any atom is 0.385 e. The van der Waals surface area contributed by atoms with Crippen molar-refractivity contribution in [1.29, 1.82) is 0 Å². The van der Waals surface area contributed by atoms with Crippen molar-refractivity contribution in [3.8, 4) is 5.75 Å². The molecule has 1 aromatic carbocycles. The lowest BCUT2D eigenvalue weighted by molar-refractivity contribution is 0.0531. The van der Waals surface area contributed by atoms with E-state index in [0.717, 1.165) is 7.11 Å². The molecule has 0 N–H and O–H groups in total. The number of ether oxygens (including phenoxy) is 1. The van der Waals surface area contributed by atoms with Crippen LogP contribution in [0.25, 0.3) is 0 Å². The number of methoxy groups -OCH3 is 1. The van der Waals surface area contributed by atoms with Crippen molar-refractivity contribution in [2.24, 2.45) is 0 Å². The molecule has 0 radical (unpaired) electrons. The summed E-state index contributed by atoms with van der Waals surface area (Å²) in [6.07, 6.45) is 0. The molecular formula is C9H5ClF4O2. The van der Waals surface area contributed by atoms with Crippen molar-refractivity contribution in [3.63, 3.8) is 0 Å². The minimum absolute atomic E-state index is 0.312. The third kappa shape index (κ3) is 2.44. The molecular weight excluding hydrogens is 252 g/mol. The summed E-state index contributed by atoms with van der Waals surface area (Å²) in [5, 5.41) is -4.28. The molecule has 0 atom stereocenters. The number of carbonyl (C=O) groups excluding carboxylic acids is 1. The minimum Gasteiger partial charge on any atom is -0.494 e. The summed E-state index contributed by atoms with van der Waals surface area (Å²) in [6.45, 7) is 0. The number of Topliss-reactive ketones (excluding diaryl/α,β-unsaturated/α-hetero) is 1. The van der Waals surface area contributed by atoms with Crippen LogP contribution in [0, 0.1) is 11.6 Å². The van der Waals surface area contributed by atoms with Crippen LogP contribution in [0.3, 0.4) is 0 Å². The second kappa shape index (κ2) is 4.29. The quantitative estimate of drug-likeness (QED) is 0.472. The van der Waals surface area contributed by atoms with Gasteiger partial charge in [-0.1, -0.05) is 0 Å². The lowest BCUT2D eigenvalue weighted by atomic mass is 10.1. The molecule has 1 rings (SSSR count). The Balaban J connectivity index is 3.27. The zero-order valence-electron chi connectivity index (χ0n) is 7.86. The highest BCUT2D eigenvalue weighted by atomic mass is 35.5. The Kier molecular flexibility index (Phi) is 3.42. The van der Waals surface area contributed by atoms with Gasteiger partial charge in [-0.3, -0.25) is 4.79 Å². The lowest BCUT2D eigenvalue weighted by Gasteiger charge is -2.09. The Morgan fingerprint density at radius 1 is 1.31 bits per heavy atom. The average Bonchev–Trinajstić information content (AvgIpc) is 2.18. The predicted octanol–water partition coefficient (Wildman–Crippen LogP) is 2.99. The molecule has 88 valence electrons. The third-order valence-corrected chi connectivity index (χ3v) is 1.92. The largest absolute Gasteiger partial charge is 0.494 e. The summed E-state index contributed by atoms with van der Waals surface area (Å²) in [5.41, 5.74) is -1.13. The lowest BCUT2D eigenvalue weighted by Crippen LogP contribution is -2.22. The van der Waals surface area contributed by atoms with E-state index in [4.69, 9.17) is 0 Å². The van der Waals surface area contributed by atoms with E-state index in [1.54, 1.807) is 0 Å². The summed E-state index contributed by atoms with van der Waals surface area (Å²) in [6, 6.07) is 0.804. The van der Waals surface area contributed by atoms with E-state index in [1.165, 1.54) is 0 Å². The number of alkyl halides is 3. The zero-order chi connectivity index (χ0) is 12.5. The van der Waals surface area contributed by atoms with Gasteiger partial charge in [0.05, 0.1) is 12.7 Å². The van der Waals surface area contributed by atoms with Crippen molar-refractivity contribution in [2.45, 2.75) is 5.38 Å². The van der Waals surface area contributed by atoms with Crippen molar-refractivity contribution in [3.05, 3.63) is 29.3 Å². The van der Waals surface area contributed by atoms with Gasteiger partial charge in [-0.15, -0.1) is 0 Å². The van der Waals surface area contributed by atoms with Crippen LogP contribution < -0.4 is 4.74 Å². The van der Waals surface area contributed by atoms with Crippen molar-refractivity contribution in [2.75, 3.05) is 7.11 Å². The molecule has 0 aliphatic heterocycles.